The number of amides is 1. The van der Waals surface area contributed by atoms with Crippen LogP contribution in [0.2, 0.25) is 0 Å². The number of para-hydroxylation sites is 1. The summed E-state index contributed by atoms with van der Waals surface area (Å²) in [6.07, 6.45) is 0.823. The predicted octanol–water partition coefficient (Wildman–Crippen LogP) is 3.30. The van der Waals surface area contributed by atoms with Crippen LogP contribution in [-0.4, -0.2) is 53.5 Å². The van der Waals surface area contributed by atoms with Gasteiger partial charge in [0, 0.05) is 6.54 Å². The van der Waals surface area contributed by atoms with E-state index in [-0.39, 0.29) is 18.2 Å². The number of carbonyl (C=O) groups excluding carboxylic acids is 1. The summed E-state index contributed by atoms with van der Waals surface area (Å²) in [6, 6.07) is 13.4. The highest BCUT2D eigenvalue weighted by Gasteiger charge is 2.19. The largest absolute Gasteiger partial charge is 0.418 e. The fraction of sp³-hybridized carbons (Fsp3) is 0.263. The number of hydrogen-bond donors (Lipinski definition) is 0. The summed E-state index contributed by atoms with van der Waals surface area (Å²) in [5.41, 5.74) is 0.842. The summed E-state index contributed by atoms with van der Waals surface area (Å²) >= 11 is 2.82. The van der Waals surface area contributed by atoms with Gasteiger partial charge < -0.3 is 9.32 Å². The Morgan fingerprint density at radius 2 is 2.03 bits per heavy atom. The van der Waals surface area contributed by atoms with E-state index in [4.69, 9.17) is 4.42 Å². The third-order valence-corrected chi connectivity index (χ3v) is 5.90. The van der Waals surface area contributed by atoms with Gasteiger partial charge in [-0.25, -0.2) is 0 Å². The van der Waals surface area contributed by atoms with Crippen LogP contribution in [0.25, 0.3) is 16.5 Å². The highest BCUT2D eigenvalue weighted by Crippen LogP contribution is 2.24. The molecule has 4 rings (SSSR count). The summed E-state index contributed by atoms with van der Waals surface area (Å²) < 4.78 is 7.35. The van der Waals surface area contributed by atoms with Gasteiger partial charge in [-0.2, -0.15) is 4.68 Å². The van der Waals surface area contributed by atoms with E-state index in [1.807, 2.05) is 54.8 Å². The normalized spacial score (nSPS) is 11.0. The van der Waals surface area contributed by atoms with Crippen molar-refractivity contribution in [2.75, 3.05) is 12.3 Å². The first-order valence-electron chi connectivity index (χ1n) is 9.35. The van der Waals surface area contributed by atoms with Crippen molar-refractivity contribution < 1.29 is 9.21 Å². The molecule has 0 aliphatic carbocycles. The van der Waals surface area contributed by atoms with Gasteiger partial charge in [0.1, 0.15) is 0 Å². The van der Waals surface area contributed by atoms with Crippen LogP contribution in [0.1, 0.15) is 19.2 Å². The lowest BCUT2D eigenvalue weighted by Crippen LogP contribution is -2.32. The van der Waals surface area contributed by atoms with E-state index in [1.165, 1.54) is 23.1 Å². The average molecular weight is 442 g/mol. The predicted molar refractivity (Wildman–Crippen MR) is 113 cm³/mol. The van der Waals surface area contributed by atoms with E-state index in [2.05, 4.69) is 25.7 Å². The van der Waals surface area contributed by atoms with Crippen molar-refractivity contribution in [3.8, 4) is 16.5 Å². The Bertz CT molecular complexity index is 1080. The number of carbonyl (C=O) groups is 1. The molecule has 3 aromatic heterocycles. The van der Waals surface area contributed by atoms with Crippen molar-refractivity contribution in [2.45, 2.75) is 25.0 Å². The lowest BCUT2D eigenvalue weighted by molar-refractivity contribution is -0.129. The molecule has 1 amide bonds. The molecule has 11 heteroatoms. The standard InChI is InChI=1S/C19H19N7O2S2/c1-2-10-25(12-16-20-21-18(28-16)15-9-6-11-29-15)17(27)13-30-19-22-23-24-26(19)14-7-4-3-5-8-14/h3-9,11H,2,10,12-13H2,1H3. The van der Waals surface area contributed by atoms with Crippen LogP contribution in [0, 0.1) is 0 Å². The number of nitrogens with zero attached hydrogens (tertiary/aromatic N) is 7. The Morgan fingerprint density at radius 1 is 1.17 bits per heavy atom. The van der Waals surface area contributed by atoms with E-state index in [0.717, 1.165) is 17.0 Å². The highest BCUT2D eigenvalue weighted by atomic mass is 32.2. The highest BCUT2D eigenvalue weighted by molar-refractivity contribution is 7.99. The Hall–Kier alpha value is -3.05. The smallest absolute Gasteiger partial charge is 0.257 e. The second-order valence-electron chi connectivity index (χ2n) is 6.29. The second-order valence-corrected chi connectivity index (χ2v) is 8.18. The first kappa shape index (κ1) is 20.2. The zero-order valence-electron chi connectivity index (χ0n) is 16.2. The molecular formula is C19H19N7O2S2. The molecular weight excluding hydrogens is 422 g/mol. The van der Waals surface area contributed by atoms with Gasteiger partial charge >= 0.3 is 0 Å². The van der Waals surface area contributed by atoms with Crippen LogP contribution in [-0.2, 0) is 11.3 Å². The van der Waals surface area contributed by atoms with Crippen LogP contribution in [0.5, 0.6) is 0 Å². The molecule has 0 radical (unpaired) electrons. The van der Waals surface area contributed by atoms with Crippen molar-refractivity contribution >= 4 is 29.0 Å². The molecule has 0 unspecified atom stereocenters. The molecule has 1 aromatic carbocycles. The topological polar surface area (TPSA) is 103 Å². The molecule has 3 heterocycles. The SMILES string of the molecule is CCCN(Cc1nnc(-c2cccs2)o1)C(=O)CSc1nnnn1-c1ccccc1. The van der Waals surface area contributed by atoms with Crippen molar-refractivity contribution in [3.05, 3.63) is 53.7 Å². The van der Waals surface area contributed by atoms with Crippen molar-refractivity contribution in [3.63, 3.8) is 0 Å². The molecule has 0 atom stereocenters. The first-order valence-corrected chi connectivity index (χ1v) is 11.2. The maximum atomic E-state index is 12.9. The third kappa shape index (κ3) is 4.74. The molecule has 154 valence electrons. The van der Waals surface area contributed by atoms with E-state index in [1.54, 1.807) is 9.58 Å². The first-order chi connectivity index (χ1) is 14.7. The van der Waals surface area contributed by atoms with Gasteiger partial charge in [0.2, 0.25) is 17.0 Å². The van der Waals surface area contributed by atoms with Gasteiger partial charge in [-0.05, 0) is 40.4 Å². The summed E-state index contributed by atoms with van der Waals surface area (Å²) in [7, 11) is 0. The van der Waals surface area contributed by atoms with E-state index >= 15 is 0 Å². The quantitative estimate of drug-likeness (QED) is 0.365. The van der Waals surface area contributed by atoms with Gasteiger partial charge in [0.15, 0.2) is 0 Å². The van der Waals surface area contributed by atoms with Crippen molar-refractivity contribution in [1.29, 1.82) is 0 Å². The summed E-state index contributed by atoms with van der Waals surface area (Å²) in [5.74, 6) is 1.05. The molecule has 9 nitrogen and oxygen atoms in total. The number of hydrogen-bond acceptors (Lipinski definition) is 9. The number of thioether (sulfide) groups is 1. The molecule has 0 N–H and O–H groups in total. The van der Waals surface area contributed by atoms with E-state index in [9.17, 15) is 4.79 Å². The minimum Gasteiger partial charge on any atom is -0.418 e. The Kier molecular flexibility index (Phi) is 6.50. The van der Waals surface area contributed by atoms with Crippen molar-refractivity contribution in [2.24, 2.45) is 0 Å². The zero-order chi connectivity index (χ0) is 20.8. The van der Waals surface area contributed by atoms with Crippen LogP contribution in [0.4, 0.5) is 0 Å². The molecule has 0 fully saturated rings. The van der Waals surface area contributed by atoms with Gasteiger partial charge in [-0.15, -0.1) is 26.6 Å². The van der Waals surface area contributed by atoms with Crippen LogP contribution >= 0.6 is 23.1 Å². The van der Waals surface area contributed by atoms with Crippen LogP contribution in [0.3, 0.4) is 0 Å². The molecule has 30 heavy (non-hydrogen) atoms. The zero-order valence-corrected chi connectivity index (χ0v) is 17.8. The Labute approximate surface area is 181 Å². The Morgan fingerprint density at radius 3 is 2.80 bits per heavy atom. The maximum absolute atomic E-state index is 12.9. The number of thiophene rings is 1. The summed E-state index contributed by atoms with van der Waals surface area (Å²) in [4.78, 5) is 15.5. The molecule has 0 bridgehead atoms. The van der Waals surface area contributed by atoms with Gasteiger partial charge in [0.25, 0.3) is 5.89 Å². The average Bonchev–Trinajstić information content (AvgIpc) is 3.54. The van der Waals surface area contributed by atoms with Gasteiger partial charge in [-0.3, -0.25) is 4.79 Å². The molecule has 0 saturated carbocycles. The maximum Gasteiger partial charge on any atom is 0.257 e. The van der Waals surface area contributed by atoms with Crippen molar-refractivity contribution in [1.82, 2.24) is 35.3 Å². The summed E-state index contributed by atoms with van der Waals surface area (Å²) in [6.45, 7) is 2.89. The Balaban J connectivity index is 1.40. The molecule has 0 saturated heterocycles. The van der Waals surface area contributed by atoms with Crippen LogP contribution in [0.15, 0.2) is 57.4 Å². The molecule has 4 aromatic rings. The fourth-order valence-electron chi connectivity index (χ4n) is 2.76. The number of aromatic nitrogens is 6. The number of benzene rings is 1. The lowest BCUT2D eigenvalue weighted by atomic mass is 10.3. The van der Waals surface area contributed by atoms with Crippen LogP contribution < -0.4 is 0 Å². The van der Waals surface area contributed by atoms with E-state index in [0.29, 0.717) is 23.5 Å². The monoisotopic (exact) mass is 441 g/mol. The van der Waals surface area contributed by atoms with E-state index < -0.39 is 0 Å². The number of rotatable bonds is 9. The molecule has 0 aliphatic heterocycles. The van der Waals surface area contributed by atoms with Gasteiger partial charge in [0.05, 0.1) is 22.9 Å². The number of tetrazole rings is 1. The third-order valence-electron chi connectivity index (χ3n) is 4.14. The molecule has 0 aliphatic rings. The van der Waals surface area contributed by atoms with Gasteiger partial charge in [-0.1, -0.05) is 43.0 Å². The molecule has 0 spiro atoms. The second kappa shape index (κ2) is 9.63. The fourth-order valence-corrected chi connectivity index (χ4v) is 4.20. The minimum atomic E-state index is -0.0414. The lowest BCUT2D eigenvalue weighted by Gasteiger charge is -2.19. The summed E-state index contributed by atoms with van der Waals surface area (Å²) in [5, 5.41) is 22.5. The minimum absolute atomic E-state index is 0.0414.